The minimum atomic E-state index is -1.08. The lowest BCUT2D eigenvalue weighted by molar-refractivity contribution is -0.127. The van der Waals surface area contributed by atoms with Crippen LogP contribution < -0.4 is 21.7 Å². The van der Waals surface area contributed by atoms with Crippen LogP contribution >= 0.6 is 0 Å². The average molecular weight is 425 g/mol. The molecule has 164 valence electrons. The average Bonchev–Trinajstić information content (AvgIpc) is 3.19. The highest BCUT2D eigenvalue weighted by molar-refractivity contribution is 5.98. The van der Waals surface area contributed by atoms with Gasteiger partial charge in [-0.25, -0.2) is 9.59 Å². The summed E-state index contributed by atoms with van der Waals surface area (Å²) in [6.07, 6.45) is -1.08. The van der Waals surface area contributed by atoms with E-state index in [0.29, 0.717) is 11.4 Å². The van der Waals surface area contributed by atoms with E-state index in [1.54, 1.807) is 18.2 Å². The fraction of sp³-hybridized carbons (Fsp3) is 0.318. The predicted molar refractivity (Wildman–Crippen MR) is 120 cm³/mol. The van der Waals surface area contributed by atoms with E-state index in [0.717, 1.165) is 11.1 Å². The summed E-state index contributed by atoms with van der Waals surface area (Å²) in [6.45, 7) is 4.82. The molecule has 5 N–H and O–H groups in total. The molecule has 5 amide bonds. The SMILES string of the molecule is Cc1ccc(NC(=O)N2CCN(C(=O)Nc3cccc(C)c3)C2C(=O)NCCN)cc1. The second-order valence-corrected chi connectivity index (χ2v) is 7.44. The molecule has 0 radical (unpaired) electrons. The maximum atomic E-state index is 12.9. The summed E-state index contributed by atoms with van der Waals surface area (Å²) in [7, 11) is 0. The topological polar surface area (TPSA) is 120 Å². The zero-order valence-corrected chi connectivity index (χ0v) is 17.7. The van der Waals surface area contributed by atoms with Gasteiger partial charge in [-0.3, -0.25) is 14.6 Å². The Labute approximate surface area is 181 Å². The zero-order chi connectivity index (χ0) is 22.4. The zero-order valence-electron chi connectivity index (χ0n) is 17.7. The minimum Gasteiger partial charge on any atom is -0.351 e. The number of hydrogen-bond acceptors (Lipinski definition) is 4. The summed E-state index contributed by atoms with van der Waals surface area (Å²) >= 11 is 0. The fourth-order valence-electron chi connectivity index (χ4n) is 3.37. The molecule has 0 aliphatic carbocycles. The Morgan fingerprint density at radius 2 is 1.52 bits per heavy atom. The molecule has 9 nitrogen and oxygen atoms in total. The number of nitrogens with two attached hydrogens (primary N) is 1. The summed E-state index contributed by atoms with van der Waals surface area (Å²) in [5, 5.41) is 8.28. The summed E-state index contributed by atoms with van der Waals surface area (Å²) in [6, 6.07) is 13.8. The van der Waals surface area contributed by atoms with Crippen LogP contribution in [0.3, 0.4) is 0 Å². The van der Waals surface area contributed by atoms with Crippen LogP contribution in [0.15, 0.2) is 48.5 Å². The highest BCUT2D eigenvalue weighted by Gasteiger charge is 2.42. The van der Waals surface area contributed by atoms with E-state index in [2.05, 4.69) is 16.0 Å². The van der Waals surface area contributed by atoms with E-state index in [1.807, 2.05) is 44.2 Å². The van der Waals surface area contributed by atoms with Gasteiger partial charge in [0, 0.05) is 37.6 Å². The van der Waals surface area contributed by atoms with Crippen LogP contribution in [0, 0.1) is 13.8 Å². The third-order valence-electron chi connectivity index (χ3n) is 4.94. The summed E-state index contributed by atoms with van der Waals surface area (Å²) in [5.74, 6) is -0.457. The molecule has 9 heteroatoms. The van der Waals surface area contributed by atoms with Gasteiger partial charge in [0.05, 0.1) is 0 Å². The predicted octanol–water partition coefficient (Wildman–Crippen LogP) is 2.09. The van der Waals surface area contributed by atoms with Crippen molar-refractivity contribution < 1.29 is 14.4 Å². The molecule has 1 heterocycles. The molecular weight excluding hydrogens is 396 g/mol. The second kappa shape index (κ2) is 9.94. The van der Waals surface area contributed by atoms with Crippen LogP contribution in [0.4, 0.5) is 21.0 Å². The third-order valence-corrected chi connectivity index (χ3v) is 4.94. The van der Waals surface area contributed by atoms with Gasteiger partial charge in [0.1, 0.15) is 0 Å². The first-order valence-corrected chi connectivity index (χ1v) is 10.2. The molecule has 2 aromatic rings. The summed E-state index contributed by atoms with van der Waals surface area (Å²) in [4.78, 5) is 41.4. The van der Waals surface area contributed by atoms with Crippen LogP contribution in [0.1, 0.15) is 11.1 Å². The van der Waals surface area contributed by atoms with E-state index in [1.165, 1.54) is 9.80 Å². The standard InChI is InChI=1S/C22H28N6O3/c1-15-6-8-17(9-7-15)25-21(30)27-12-13-28(20(27)19(29)24-11-10-23)22(31)26-18-5-3-4-16(2)14-18/h3-9,14,20H,10-13,23H2,1-2H3,(H,24,29)(H,25,30)(H,26,31). The van der Waals surface area contributed by atoms with E-state index in [9.17, 15) is 14.4 Å². The van der Waals surface area contributed by atoms with Crippen molar-refractivity contribution in [1.29, 1.82) is 0 Å². The Kier molecular flexibility index (Phi) is 7.09. The number of carbonyl (C=O) groups is 3. The van der Waals surface area contributed by atoms with E-state index >= 15 is 0 Å². The molecular formula is C22H28N6O3. The highest BCUT2D eigenvalue weighted by Crippen LogP contribution is 2.20. The number of aryl methyl sites for hydroxylation is 2. The number of carbonyl (C=O) groups excluding carboxylic acids is 3. The van der Waals surface area contributed by atoms with Gasteiger partial charge in [0.25, 0.3) is 5.91 Å². The van der Waals surface area contributed by atoms with Crippen LogP contribution in [0.25, 0.3) is 0 Å². The number of hydrogen-bond donors (Lipinski definition) is 4. The number of benzene rings is 2. The number of nitrogens with one attached hydrogen (secondary N) is 3. The minimum absolute atomic E-state index is 0.222. The van der Waals surface area contributed by atoms with E-state index < -0.39 is 24.1 Å². The molecule has 1 aliphatic rings. The van der Waals surface area contributed by atoms with Crippen molar-refractivity contribution in [1.82, 2.24) is 15.1 Å². The molecule has 2 aromatic carbocycles. The quantitative estimate of drug-likeness (QED) is 0.587. The number of rotatable bonds is 5. The lowest BCUT2D eigenvalue weighted by atomic mass is 10.2. The summed E-state index contributed by atoms with van der Waals surface area (Å²) < 4.78 is 0. The van der Waals surface area contributed by atoms with Crippen LogP contribution in [0.2, 0.25) is 0 Å². The van der Waals surface area contributed by atoms with E-state index in [4.69, 9.17) is 5.73 Å². The number of amides is 5. The van der Waals surface area contributed by atoms with Crippen molar-refractivity contribution >= 4 is 29.3 Å². The Bertz CT molecular complexity index is 947. The molecule has 1 unspecified atom stereocenters. The van der Waals surface area contributed by atoms with Gasteiger partial charge in [-0.1, -0.05) is 29.8 Å². The maximum absolute atomic E-state index is 12.9. The molecule has 1 aliphatic heterocycles. The Balaban J connectivity index is 1.77. The number of nitrogens with zero attached hydrogens (tertiary/aromatic N) is 2. The molecule has 3 rings (SSSR count). The van der Waals surface area contributed by atoms with Crippen molar-refractivity contribution in [2.24, 2.45) is 5.73 Å². The molecule has 0 spiro atoms. The van der Waals surface area contributed by atoms with Gasteiger partial charge in [0.2, 0.25) is 0 Å². The Morgan fingerprint density at radius 1 is 0.903 bits per heavy atom. The lowest BCUT2D eigenvalue weighted by Gasteiger charge is -2.29. The Hall–Kier alpha value is -3.59. The monoisotopic (exact) mass is 424 g/mol. The summed E-state index contributed by atoms with van der Waals surface area (Å²) in [5.41, 5.74) is 8.79. The molecule has 0 aromatic heterocycles. The molecule has 1 atom stereocenters. The van der Waals surface area contributed by atoms with Crippen LogP contribution in [-0.4, -0.2) is 60.1 Å². The lowest BCUT2D eigenvalue weighted by Crippen LogP contribution is -2.55. The van der Waals surface area contributed by atoms with Gasteiger partial charge < -0.3 is 21.7 Å². The van der Waals surface area contributed by atoms with Gasteiger partial charge in [-0.15, -0.1) is 0 Å². The maximum Gasteiger partial charge on any atom is 0.323 e. The largest absolute Gasteiger partial charge is 0.351 e. The van der Waals surface area contributed by atoms with Crippen molar-refractivity contribution in [3.8, 4) is 0 Å². The number of anilines is 2. The molecule has 0 bridgehead atoms. The Morgan fingerprint density at radius 3 is 2.10 bits per heavy atom. The first kappa shape index (κ1) is 22.1. The van der Waals surface area contributed by atoms with Gasteiger partial charge in [-0.05, 0) is 43.7 Å². The molecule has 31 heavy (non-hydrogen) atoms. The second-order valence-electron chi connectivity index (χ2n) is 7.44. The first-order valence-electron chi connectivity index (χ1n) is 10.2. The fourth-order valence-corrected chi connectivity index (χ4v) is 3.37. The van der Waals surface area contributed by atoms with Crippen LogP contribution in [0.5, 0.6) is 0 Å². The van der Waals surface area contributed by atoms with E-state index in [-0.39, 0.29) is 26.2 Å². The normalized spacial score (nSPS) is 15.5. The number of urea groups is 2. The molecule has 1 fully saturated rings. The van der Waals surface area contributed by atoms with Gasteiger partial charge >= 0.3 is 12.1 Å². The molecule has 1 saturated heterocycles. The van der Waals surface area contributed by atoms with Gasteiger partial charge in [0.15, 0.2) is 6.17 Å². The molecule has 0 saturated carbocycles. The van der Waals surface area contributed by atoms with Crippen molar-refractivity contribution in [2.45, 2.75) is 20.0 Å². The van der Waals surface area contributed by atoms with Crippen molar-refractivity contribution in [2.75, 3.05) is 36.8 Å². The van der Waals surface area contributed by atoms with Crippen LogP contribution in [-0.2, 0) is 4.79 Å². The smallest absolute Gasteiger partial charge is 0.323 e. The first-order chi connectivity index (χ1) is 14.9. The van der Waals surface area contributed by atoms with Gasteiger partial charge in [-0.2, -0.15) is 0 Å². The van der Waals surface area contributed by atoms with Crippen molar-refractivity contribution in [3.63, 3.8) is 0 Å². The third kappa shape index (κ3) is 5.52. The van der Waals surface area contributed by atoms with Crippen molar-refractivity contribution in [3.05, 3.63) is 59.7 Å². The highest BCUT2D eigenvalue weighted by atomic mass is 16.2.